The highest BCUT2D eigenvalue weighted by atomic mass is 16.7. The lowest BCUT2D eigenvalue weighted by Crippen LogP contribution is -2.63. The minimum absolute atomic E-state index is 0.0116. The highest BCUT2D eigenvalue weighted by molar-refractivity contribution is 5.90. The Morgan fingerprint density at radius 3 is 1.34 bits per heavy atom. The molecule has 0 aromatic rings. The average Bonchev–Trinajstić information content (AvgIpc) is 3.46. The molecule has 0 aromatic heterocycles. The molecule has 0 amide bonds. The van der Waals surface area contributed by atoms with Gasteiger partial charge in [-0.15, -0.1) is 0 Å². The van der Waals surface area contributed by atoms with Crippen LogP contribution in [-0.2, 0) is 66.5 Å². The van der Waals surface area contributed by atoms with E-state index in [1.54, 1.807) is 0 Å². The molecule has 0 spiro atoms. The summed E-state index contributed by atoms with van der Waals surface area (Å²) in [6, 6.07) is 0. The zero-order valence-electron chi connectivity index (χ0n) is 43.2. The Balaban J connectivity index is 0.833. The summed E-state index contributed by atoms with van der Waals surface area (Å²) in [4.78, 5) is 48.9. The molecule has 0 bridgehead atoms. The summed E-state index contributed by atoms with van der Waals surface area (Å²) in [6.07, 6.45) is -34.1. The van der Waals surface area contributed by atoms with Crippen LogP contribution in [0.15, 0.2) is 0 Å². The Morgan fingerprint density at radius 2 is 0.861 bits per heavy atom. The summed E-state index contributed by atoms with van der Waals surface area (Å²) < 4.78 is 58.1. The van der Waals surface area contributed by atoms with Gasteiger partial charge in [0.1, 0.15) is 106 Å². The Morgan fingerprint density at radius 1 is 0.418 bits per heavy atom. The predicted molar refractivity (Wildman–Crippen MR) is 252 cm³/mol. The molecule has 8 unspecified atom stereocenters. The molecule has 452 valence electrons. The third kappa shape index (κ3) is 14.9. The molecule has 29 heteroatoms. The molecule has 8 rings (SSSR count). The predicted octanol–water partition coefficient (Wildman–Crippen LogP) is -6.17. The Hall–Kier alpha value is -2.96. The highest BCUT2D eigenvalue weighted by Gasteiger charge is 2.55. The molecular weight excluding hydrogens is 1060 g/mol. The molecule has 8 aliphatic rings. The minimum Gasteiger partial charge on any atom is -0.481 e. The number of aliphatic carboxylic acids is 1. The van der Waals surface area contributed by atoms with Crippen molar-refractivity contribution in [1.82, 2.24) is 0 Å². The second-order valence-electron chi connectivity index (χ2n) is 22.5. The van der Waals surface area contributed by atoms with Gasteiger partial charge < -0.3 is 124 Å². The Labute approximate surface area is 452 Å². The third-order valence-electron chi connectivity index (χ3n) is 17.0. The summed E-state index contributed by atoms with van der Waals surface area (Å²) in [6.45, 7) is -1.74. The maximum Gasteiger partial charge on any atom is 0.317 e. The van der Waals surface area contributed by atoms with Crippen molar-refractivity contribution in [2.75, 3.05) is 19.8 Å². The van der Waals surface area contributed by atoms with Crippen LogP contribution in [0.1, 0.15) is 89.9 Å². The van der Waals surface area contributed by atoms with Crippen LogP contribution in [0.5, 0.6) is 0 Å². The van der Waals surface area contributed by atoms with Gasteiger partial charge in [0.15, 0.2) is 18.9 Å². The molecule has 23 atom stereocenters. The quantitative estimate of drug-likeness (QED) is 0.0366. The van der Waals surface area contributed by atoms with Crippen molar-refractivity contribution in [2.24, 2.45) is 23.7 Å². The van der Waals surface area contributed by atoms with E-state index in [0.29, 0.717) is 25.7 Å². The summed E-state index contributed by atoms with van der Waals surface area (Å²) in [5, 5.41) is 159. The fourth-order valence-electron chi connectivity index (χ4n) is 12.3. The van der Waals surface area contributed by atoms with Gasteiger partial charge in [0.25, 0.3) is 0 Å². The first-order valence-electron chi connectivity index (χ1n) is 27.3. The molecule has 15 N–H and O–H groups in total. The van der Waals surface area contributed by atoms with Gasteiger partial charge in [-0.05, 0) is 76.5 Å². The fourth-order valence-corrected chi connectivity index (χ4v) is 12.3. The summed E-state index contributed by atoms with van der Waals surface area (Å²) in [7, 11) is 0. The topological polar surface area (TPSA) is 464 Å². The number of carboxylic acid groups (broad SMARTS) is 1. The van der Waals surface area contributed by atoms with Crippen molar-refractivity contribution < 1.29 is 143 Å². The number of hydrogen-bond acceptors (Lipinski definition) is 28. The van der Waals surface area contributed by atoms with Crippen molar-refractivity contribution in [3.8, 4) is 0 Å². The smallest absolute Gasteiger partial charge is 0.317 e. The number of aliphatic hydroxyl groups excluding tert-OH is 14. The van der Waals surface area contributed by atoms with Gasteiger partial charge in [0.2, 0.25) is 0 Å². The van der Waals surface area contributed by atoms with Crippen LogP contribution in [0.4, 0.5) is 0 Å². The molecule has 4 aliphatic carbocycles. The van der Waals surface area contributed by atoms with E-state index < -0.39 is 227 Å². The van der Waals surface area contributed by atoms with Crippen LogP contribution < -0.4 is 0 Å². The number of carbonyl (C=O) groups is 4. The fraction of sp³-hybridized carbons (Fsp3) is 0.920. The van der Waals surface area contributed by atoms with E-state index in [1.807, 2.05) is 0 Å². The molecule has 79 heavy (non-hydrogen) atoms. The largest absolute Gasteiger partial charge is 0.481 e. The van der Waals surface area contributed by atoms with E-state index in [4.69, 9.17) is 52.5 Å². The van der Waals surface area contributed by atoms with Gasteiger partial charge in [-0.25, -0.2) is 0 Å². The summed E-state index contributed by atoms with van der Waals surface area (Å²) in [5.74, 6) is -6.43. The van der Waals surface area contributed by atoms with Crippen molar-refractivity contribution in [1.29, 1.82) is 0 Å². The van der Waals surface area contributed by atoms with Crippen LogP contribution in [0.25, 0.3) is 0 Å². The molecule has 4 aliphatic heterocycles. The monoisotopic (exact) mass is 1140 g/mol. The second-order valence-corrected chi connectivity index (χ2v) is 22.5. The Bertz CT molecular complexity index is 1990. The van der Waals surface area contributed by atoms with Gasteiger partial charge >= 0.3 is 23.9 Å². The van der Waals surface area contributed by atoms with Crippen LogP contribution in [-0.4, -0.2) is 273 Å². The maximum absolute atomic E-state index is 13.4. The van der Waals surface area contributed by atoms with Gasteiger partial charge in [0, 0.05) is 18.8 Å². The molecular formula is C50H78O29. The number of fused-ring (bicyclic) bond motifs is 1. The summed E-state index contributed by atoms with van der Waals surface area (Å²) >= 11 is 0. The van der Waals surface area contributed by atoms with Gasteiger partial charge in [-0.2, -0.15) is 0 Å². The minimum atomic E-state index is -1.91. The highest BCUT2D eigenvalue weighted by Crippen LogP contribution is 2.45. The number of aliphatic hydroxyl groups is 14. The lowest BCUT2D eigenvalue weighted by atomic mass is 9.72. The lowest BCUT2D eigenvalue weighted by molar-refractivity contribution is -0.339. The van der Waals surface area contributed by atoms with Crippen molar-refractivity contribution in [2.45, 2.75) is 243 Å². The number of ether oxygens (including phenoxy) is 10. The molecule has 4 saturated carbocycles. The van der Waals surface area contributed by atoms with Crippen LogP contribution in [0, 0.1) is 23.7 Å². The SMILES string of the molecule is O=C(O)CC(=O)OC[C@H]1O[C@@H](OC2CC3C(O)CC(O[C@@H]4O[C@H](COC(=O)C5CCC(O[C@@H]6O[C@H](COC(=O)C7CCC(O)CC7)[C@@H](O)[C@H](O)[C@H]6O)CC5)[C@@H](O)[C@H](O)[C@H]4O)CC3OC2C2CC(O)C(O)C(O)C2)[C@H](O)[C@@H](O)[C@@H]1O. The molecule has 4 saturated heterocycles. The zero-order chi connectivity index (χ0) is 57.1. The van der Waals surface area contributed by atoms with E-state index in [0.717, 1.165) is 0 Å². The molecule has 0 aromatic carbocycles. The molecule has 4 heterocycles. The molecule has 8 fully saturated rings. The first-order chi connectivity index (χ1) is 37.5. The van der Waals surface area contributed by atoms with Crippen molar-refractivity contribution >= 4 is 23.9 Å². The second kappa shape index (κ2) is 27.2. The van der Waals surface area contributed by atoms with E-state index >= 15 is 0 Å². The standard InChI is InChI=1S/C50H78O29/c51-21-5-1-18(2-6-21)46(68)71-16-31-37(60)39(62)42(65)48(77-31)73-22-7-3-19(4-8-22)47(69)72-17-32-38(61)40(63)43(66)49(78-32)74-23-11-25(52)24-13-29(45(75-28(24)12-23)20-9-26(53)35(58)27(54)10-20)76-50-44(67)41(64)36(59)30(79-50)15-70-34(57)14-33(55)56/h18-32,35-45,48-54,58-67H,1-17H2,(H,55,56)/t18?,19?,20?,21?,22?,23?,24?,25?,26?,27?,28?,29?,30-,31-,32-,35?,36-,37-,38-,39+,40+,41+,42-,43-,44-,45?,48-,49-,50-/m1/s1. The van der Waals surface area contributed by atoms with Crippen LogP contribution in [0.2, 0.25) is 0 Å². The van der Waals surface area contributed by atoms with E-state index in [9.17, 15) is 90.7 Å². The first kappa shape index (κ1) is 62.1. The number of carboxylic acids is 1. The van der Waals surface area contributed by atoms with E-state index in [-0.39, 0.29) is 57.8 Å². The average molecular weight is 1140 g/mol. The number of rotatable bonds is 17. The third-order valence-corrected chi connectivity index (χ3v) is 17.0. The van der Waals surface area contributed by atoms with E-state index in [1.165, 1.54) is 0 Å². The normalized spacial score (nSPS) is 47.7. The van der Waals surface area contributed by atoms with Crippen LogP contribution >= 0.6 is 0 Å². The number of carbonyl (C=O) groups excluding carboxylic acids is 3. The van der Waals surface area contributed by atoms with Gasteiger partial charge in [-0.3, -0.25) is 19.2 Å². The zero-order valence-corrected chi connectivity index (χ0v) is 43.2. The molecule has 29 nitrogen and oxygen atoms in total. The van der Waals surface area contributed by atoms with Crippen molar-refractivity contribution in [3.05, 3.63) is 0 Å². The van der Waals surface area contributed by atoms with Gasteiger partial charge in [0.05, 0.1) is 66.8 Å². The Kier molecular flexibility index (Phi) is 21.4. The van der Waals surface area contributed by atoms with Crippen molar-refractivity contribution in [3.63, 3.8) is 0 Å². The molecule has 0 radical (unpaired) electrons. The van der Waals surface area contributed by atoms with Crippen LogP contribution in [0.3, 0.4) is 0 Å². The number of esters is 3. The first-order valence-corrected chi connectivity index (χ1v) is 27.3. The number of hydrogen-bond donors (Lipinski definition) is 15. The maximum atomic E-state index is 13.4. The lowest BCUT2D eigenvalue weighted by Gasteiger charge is -2.52. The summed E-state index contributed by atoms with van der Waals surface area (Å²) in [5.41, 5.74) is 0. The van der Waals surface area contributed by atoms with E-state index in [2.05, 4.69) is 0 Å². The van der Waals surface area contributed by atoms with Gasteiger partial charge in [-0.1, -0.05) is 0 Å².